The monoisotopic (exact) mass is 334 g/mol. The van der Waals surface area contributed by atoms with Crippen LogP contribution in [0.25, 0.3) is 0 Å². The van der Waals surface area contributed by atoms with E-state index in [-0.39, 0.29) is 0 Å². The summed E-state index contributed by atoms with van der Waals surface area (Å²) in [6.07, 6.45) is 0.380. The van der Waals surface area contributed by atoms with Crippen LogP contribution in [0.3, 0.4) is 0 Å². The van der Waals surface area contributed by atoms with E-state index in [1.807, 2.05) is 44.2 Å². The van der Waals surface area contributed by atoms with Gasteiger partial charge in [-0.05, 0) is 44.0 Å². The number of carboxylic acid groups (broad SMARTS) is 1. The number of carboxylic acids is 1. The molecule has 1 N–H and O–H groups in total. The van der Waals surface area contributed by atoms with Gasteiger partial charge in [-0.25, -0.2) is 9.97 Å². The van der Waals surface area contributed by atoms with Crippen molar-refractivity contribution in [2.24, 2.45) is 0 Å². The molecule has 1 atom stereocenters. The number of aryl methyl sites for hydroxylation is 2. The molecule has 5 heteroatoms. The van der Waals surface area contributed by atoms with E-state index in [4.69, 9.17) is 0 Å². The van der Waals surface area contributed by atoms with E-state index in [1.165, 1.54) is 0 Å². The fraction of sp³-hybridized carbons (Fsp3) is 0.267. The van der Waals surface area contributed by atoms with E-state index in [2.05, 4.69) is 25.9 Å². The largest absolute Gasteiger partial charge is 0.481 e. The first-order valence-corrected chi connectivity index (χ1v) is 7.04. The summed E-state index contributed by atoms with van der Waals surface area (Å²) in [4.78, 5) is 20.0. The predicted octanol–water partition coefficient (Wildman–Crippen LogP) is 3.27. The lowest BCUT2D eigenvalue weighted by atomic mass is 9.98. The molecule has 2 rings (SSSR count). The van der Waals surface area contributed by atoms with Gasteiger partial charge in [0.15, 0.2) is 0 Å². The van der Waals surface area contributed by atoms with Crippen LogP contribution in [0.2, 0.25) is 0 Å². The lowest BCUT2D eigenvalue weighted by Gasteiger charge is -2.12. The van der Waals surface area contributed by atoms with E-state index in [9.17, 15) is 9.90 Å². The fourth-order valence-electron chi connectivity index (χ4n) is 2.05. The summed E-state index contributed by atoms with van der Waals surface area (Å²) in [5, 5.41) is 9.44. The maximum absolute atomic E-state index is 11.5. The zero-order valence-electron chi connectivity index (χ0n) is 11.3. The molecule has 0 aliphatic heterocycles. The smallest absolute Gasteiger partial charge is 0.314 e. The molecule has 0 saturated carbocycles. The SMILES string of the molecule is Cc1cc(C)nc(C(Cc2ccc(Br)cc2)C(=O)O)n1. The third kappa shape index (κ3) is 3.63. The lowest BCUT2D eigenvalue weighted by Crippen LogP contribution is -2.18. The minimum Gasteiger partial charge on any atom is -0.481 e. The van der Waals surface area contributed by atoms with E-state index in [0.29, 0.717) is 12.2 Å². The van der Waals surface area contributed by atoms with Crippen molar-refractivity contribution < 1.29 is 9.90 Å². The summed E-state index contributed by atoms with van der Waals surface area (Å²) < 4.78 is 0.968. The molecule has 1 unspecified atom stereocenters. The molecule has 0 bridgehead atoms. The zero-order valence-corrected chi connectivity index (χ0v) is 12.9. The Morgan fingerprint density at radius 2 is 1.75 bits per heavy atom. The quantitative estimate of drug-likeness (QED) is 0.931. The fourth-order valence-corrected chi connectivity index (χ4v) is 2.32. The van der Waals surface area contributed by atoms with E-state index in [0.717, 1.165) is 21.4 Å². The highest BCUT2D eigenvalue weighted by Crippen LogP contribution is 2.20. The number of nitrogens with zero attached hydrogens (tertiary/aromatic N) is 2. The average Bonchev–Trinajstić information content (AvgIpc) is 2.36. The van der Waals surface area contributed by atoms with Crippen LogP contribution in [0.1, 0.15) is 28.7 Å². The topological polar surface area (TPSA) is 63.1 Å². The number of halogens is 1. The number of aromatic nitrogens is 2. The van der Waals surface area contributed by atoms with Crippen LogP contribution in [0.4, 0.5) is 0 Å². The average molecular weight is 335 g/mol. The maximum Gasteiger partial charge on any atom is 0.314 e. The first kappa shape index (κ1) is 14.7. The summed E-state index contributed by atoms with van der Waals surface area (Å²) in [6, 6.07) is 9.45. The Labute approximate surface area is 126 Å². The van der Waals surface area contributed by atoms with Gasteiger partial charge in [0, 0.05) is 15.9 Å². The summed E-state index contributed by atoms with van der Waals surface area (Å²) in [5.74, 6) is -1.26. The molecule has 2 aromatic rings. The Kier molecular flexibility index (Phi) is 4.49. The van der Waals surface area contributed by atoms with Crippen molar-refractivity contribution in [1.82, 2.24) is 9.97 Å². The maximum atomic E-state index is 11.5. The van der Waals surface area contributed by atoms with E-state index in [1.54, 1.807) is 0 Å². The Bertz CT molecular complexity index is 606. The van der Waals surface area contributed by atoms with Crippen molar-refractivity contribution in [2.45, 2.75) is 26.2 Å². The van der Waals surface area contributed by atoms with Crippen molar-refractivity contribution in [3.63, 3.8) is 0 Å². The summed E-state index contributed by atoms with van der Waals surface area (Å²) >= 11 is 3.36. The van der Waals surface area contributed by atoms with E-state index < -0.39 is 11.9 Å². The Balaban J connectivity index is 2.31. The van der Waals surface area contributed by atoms with Gasteiger partial charge in [0.1, 0.15) is 11.7 Å². The molecule has 4 nitrogen and oxygen atoms in total. The second kappa shape index (κ2) is 6.13. The van der Waals surface area contributed by atoms with Gasteiger partial charge in [-0.1, -0.05) is 28.1 Å². The molecule has 1 aromatic carbocycles. The van der Waals surface area contributed by atoms with Gasteiger partial charge in [-0.2, -0.15) is 0 Å². The normalized spacial score (nSPS) is 12.2. The van der Waals surface area contributed by atoms with E-state index >= 15 is 0 Å². The molecule has 0 radical (unpaired) electrons. The summed E-state index contributed by atoms with van der Waals surface area (Å²) in [7, 11) is 0. The molecule has 0 aliphatic rings. The van der Waals surface area contributed by atoms with Crippen molar-refractivity contribution in [2.75, 3.05) is 0 Å². The van der Waals surface area contributed by atoms with Crippen LogP contribution >= 0.6 is 15.9 Å². The zero-order chi connectivity index (χ0) is 14.7. The minimum absolute atomic E-state index is 0.373. The molecular formula is C15H15BrN2O2. The highest BCUT2D eigenvalue weighted by molar-refractivity contribution is 9.10. The van der Waals surface area contributed by atoms with Crippen LogP contribution < -0.4 is 0 Å². The number of rotatable bonds is 4. The summed E-state index contributed by atoms with van der Waals surface area (Å²) in [5.41, 5.74) is 2.52. The molecule has 0 fully saturated rings. The van der Waals surface area contributed by atoms with Crippen molar-refractivity contribution >= 4 is 21.9 Å². The highest BCUT2D eigenvalue weighted by atomic mass is 79.9. The first-order valence-electron chi connectivity index (χ1n) is 6.25. The number of benzene rings is 1. The second-order valence-corrected chi connectivity index (χ2v) is 5.65. The second-order valence-electron chi connectivity index (χ2n) is 4.73. The van der Waals surface area contributed by atoms with Crippen LogP contribution in [0.15, 0.2) is 34.8 Å². The number of hydrogen-bond acceptors (Lipinski definition) is 3. The van der Waals surface area contributed by atoms with Crippen molar-refractivity contribution in [1.29, 1.82) is 0 Å². The van der Waals surface area contributed by atoms with Gasteiger partial charge in [0.05, 0.1) is 0 Å². The van der Waals surface area contributed by atoms with Crippen molar-refractivity contribution in [3.05, 3.63) is 57.6 Å². The molecule has 0 saturated heterocycles. The molecule has 1 aromatic heterocycles. The Morgan fingerprint density at radius 1 is 1.20 bits per heavy atom. The molecule has 104 valence electrons. The molecule has 0 aliphatic carbocycles. The Morgan fingerprint density at radius 3 is 2.25 bits per heavy atom. The van der Waals surface area contributed by atoms with Crippen LogP contribution in [0.5, 0.6) is 0 Å². The van der Waals surface area contributed by atoms with Gasteiger partial charge in [0.2, 0.25) is 0 Å². The van der Waals surface area contributed by atoms with Gasteiger partial charge in [0.25, 0.3) is 0 Å². The number of aliphatic carboxylic acids is 1. The molecule has 1 heterocycles. The standard InChI is InChI=1S/C15H15BrN2O2/c1-9-7-10(2)18-14(17-9)13(15(19)20)8-11-3-5-12(16)6-4-11/h3-7,13H,8H2,1-2H3,(H,19,20). The number of carbonyl (C=O) groups is 1. The van der Waals surface area contributed by atoms with Crippen LogP contribution in [-0.4, -0.2) is 21.0 Å². The number of hydrogen-bond donors (Lipinski definition) is 1. The van der Waals surface area contributed by atoms with Crippen LogP contribution in [0, 0.1) is 13.8 Å². The lowest BCUT2D eigenvalue weighted by molar-refractivity contribution is -0.139. The third-order valence-corrected chi connectivity index (χ3v) is 3.49. The van der Waals surface area contributed by atoms with Gasteiger partial charge in [-0.15, -0.1) is 0 Å². The molecule has 20 heavy (non-hydrogen) atoms. The molecule has 0 spiro atoms. The van der Waals surface area contributed by atoms with Gasteiger partial charge >= 0.3 is 5.97 Å². The predicted molar refractivity (Wildman–Crippen MR) is 79.7 cm³/mol. The first-order chi connectivity index (χ1) is 9.45. The Hall–Kier alpha value is -1.75. The highest BCUT2D eigenvalue weighted by Gasteiger charge is 2.23. The third-order valence-electron chi connectivity index (χ3n) is 2.96. The molecule has 0 amide bonds. The van der Waals surface area contributed by atoms with Gasteiger partial charge in [-0.3, -0.25) is 4.79 Å². The summed E-state index contributed by atoms with van der Waals surface area (Å²) in [6.45, 7) is 3.69. The minimum atomic E-state index is -0.905. The molecular weight excluding hydrogens is 320 g/mol. The van der Waals surface area contributed by atoms with Crippen molar-refractivity contribution in [3.8, 4) is 0 Å². The van der Waals surface area contributed by atoms with Crippen LogP contribution in [-0.2, 0) is 11.2 Å². The van der Waals surface area contributed by atoms with Gasteiger partial charge < -0.3 is 5.11 Å².